The molecule has 90 valence electrons. The summed E-state index contributed by atoms with van der Waals surface area (Å²) < 4.78 is 59.8. The molecule has 0 aromatic rings. The molecule has 0 amide bonds. The Morgan fingerprint density at radius 3 is 1.93 bits per heavy atom. The van der Waals surface area contributed by atoms with E-state index in [-0.39, 0.29) is 12.3 Å². The molecule has 0 aromatic carbocycles. The number of alkyl halides is 5. The van der Waals surface area contributed by atoms with Crippen LogP contribution in [-0.2, 0) is 4.79 Å². The van der Waals surface area contributed by atoms with Gasteiger partial charge < -0.3 is 0 Å². The van der Waals surface area contributed by atoms with Gasteiger partial charge in [-0.3, -0.25) is 4.79 Å². The molecule has 0 radical (unpaired) electrons. The number of rotatable bonds is 5. The minimum atomic E-state index is -5.64. The van der Waals surface area contributed by atoms with Crippen LogP contribution in [0.5, 0.6) is 0 Å². The van der Waals surface area contributed by atoms with E-state index in [1.807, 2.05) is 0 Å². The predicted molar refractivity (Wildman–Crippen MR) is 44.7 cm³/mol. The first-order chi connectivity index (χ1) is 6.56. The van der Waals surface area contributed by atoms with E-state index in [9.17, 15) is 26.7 Å². The summed E-state index contributed by atoms with van der Waals surface area (Å²) in [5, 5.41) is 0. The molecule has 0 aliphatic rings. The second kappa shape index (κ2) is 4.90. The standard InChI is InChI=1S/C9H13F5O/c1-6(2)3-4-7(15)5-8(10,11)9(12,13)14/h6H,3-5H2,1-2H3. The fraction of sp³-hybridized carbons (Fsp3) is 0.889. The Kier molecular flexibility index (Phi) is 4.67. The second-order valence-electron chi connectivity index (χ2n) is 3.85. The van der Waals surface area contributed by atoms with Crippen LogP contribution in [0, 0.1) is 5.92 Å². The Morgan fingerprint density at radius 2 is 1.60 bits per heavy atom. The summed E-state index contributed by atoms with van der Waals surface area (Å²) in [6.45, 7) is 3.52. The fourth-order valence-corrected chi connectivity index (χ4v) is 0.886. The van der Waals surface area contributed by atoms with Crippen LogP contribution >= 0.6 is 0 Å². The van der Waals surface area contributed by atoms with Gasteiger partial charge in [-0.05, 0) is 12.3 Å². The van der Waals surface area contributed by atoms with Crippen LogP contribution in [0.3, 0.4) is 0 Å². The molecule has 0 rings (SSSR count). The molecule has 0 aliphatic carbocycles. The van der Waals surface area contributed by atoms with Crippen LogP contribution in [0.1, 0.15) is 33.1 Å². The zero-order valence-corrected chi connectivity index (χ0v) is 8.50. The van der Waals surface area contributed by atoms with Gasteiger partial charge in [-0.15, -0.1) is 0 Å². The Bertz CT molecular complexity index is 219. The van der Waals surface area contributed by atoms with Crippen molar-refractivity contribution in [3.63, 3.8) is 0 Å². The number of Topliss-reactive ketones (excluding diaryl/α,β-unsaturated/α-hetero) is 1. The zero-order valence-electron chi connectivity index (χ0n) is 8.50. The second-order valence-corrected chi connectivity index (χ2v) is 3.85. The van der Waals surface area contributed by atoms with E-state index in [0.717, 1.165) is 0 Å². The summed E-state index contributed by atoms with van der Waals surface area (Å²) >= 11 is 0. The maximum absolute atomic E-state index is 12.4. The van der Waals surface area contributed by atoms with Crippen LogP contribution in [0.25, 0.3) is 0 Å². The number of hydrogen-bond donors (Lipinski definition) is 0. The summed E-state index contributed by atoms with van der Waals surface area (Å²) in [6, 6.07) is 0. The predicted octanol–water partition coefficient (Wildman–Crippen LogP) is 3.58. The smallest absolute Gasteiger partial charge is 0.299 e. The van der Waals surface area contributed by atoms with Crippen molar-refractivity contribution in [3.05, 3.63) is 0 Å². The molecule has 1 nitrogen and oxygen atoms in total. The molecule has 15 heavy (non-hydrogen) atoms. The molecule has 0 spiro atoms. The summed E-state index contributed by atoms with van der Waals surface area (Å²) in [5.74, 6) is -5.85. The monoisotopic (exact) mass is 232 g/mol. The highest BCUT2D eigenvalue weighted by Crippen LogP contribution is 2.38. The average Bonchev–Trinajstić information content (AvgIpc) is 1.97. The van der Waals surface area contributed by atoms with Gasteiger partial charge in [0.1, 0.15) is 5.78 Å². The van der Waals surface area contributed by atoms with Crippen molar-refractivity contribution in [3.8, 4) is 0 Å². The summed E-state index contributed by atoms with van der Waals surface area (Å²) in [6.07, 6.45) is -7.29. The van der Waals surface area contributed by atoms with E-state index >= 15 is 0 Å². The molecule has 0 aliphatic heterocycles. The van der Waals surface area contributed by atoms with Gasteiger partial charge in [0.15, 0.2) is 0 Å². The third-order valence-electron chi connectivity index (χ3n) is 1.83. The van der Waals surface area contributed by atoms with Gasteiger partial charge in [-0.1, -0.05) is 13.8 Å². The molecule has 0 unspecified atom stereocenters. The lowest BCUT2D eigenvalue weighted by Crippen LogP contribution is -2.38. The van der Waals surface area contributed by atoms with Gasteiger partial charge in [0.2, 0.25) is 0 Å². The highest BCUT2D eigenvalue weighted by Gasteiger charge is 2.57. The Balaban J connectivity index is 4.17. The maximum Gasteiger partial charge on any atom is 0.453 e. The lowest BCUT2D eigenvalue weighted by atomic mass is 10.0. The van der Waals surface area contributed by atoms with E-state index in [1.54, 1.807) is 13.8 Å². The average molecular weight is 232 g/mol. The van der Waals surface area contributed by atoms with E-state index in [1.165, 1.54) is 0 Å². The molecule has 6 heteroatoms. The first-order valence-corrected chi connectivity index (χ1v) is 4.52. The zero-order chi connectivity index (χ0) is 12.3. The van der Waals surface area contributed by atoms with Crippen LogP contribution in [0.2, 0.25) is 0 Å². The Morgan fingerprint density at radius 1 is 1.13 bits per heavy atom. The van der Waals surface area contributed by atoms with Crippen molar-refractivity contribution in [2.24, 2.45) is 5.92 Å². The normalized spacial score (nSPS) is 13.3. The number of halogens is 5. The fourth-order valence-electron chi connectivity index (χ4n) is 0.886. The van der Waals surface area contributed by atoms with E-state index < -0.39 is 24.3 Å². The number of carbonyl (C=O) groups is 1. The molecule has 0 N–H and O–H groups in total. The summed E-state index contributed by atoms with van der Waals surface area (Å²) in [7, 11) is 0. The maximum atomic E-state index is 12.4. The van der Waals surface area contributed by atoms with E-state index in [4.69, 9.17) is 0 Å². The van der Waals surface area contributed by atoms with Crippen molar-refractivity contribution in [2.75, 3.05) is 0 Å². The third kappa shape index (κ3) is 5.09. The minimum absolute atomic E-state index is 0.105. The Hall–Kier alpha value is -0.680. The molecule has 0 bridgehead atoms. The van der Waals surface area contributed by atoms with Crippen LogP contribution in [-0.4, -0.2) is 17.9 Å². The summed E-state index contributed by atoms with van der Waals surface area (Å²) in [5.41, 5.74) is 0. The van der Waals surface area contributed by atoms with Gasteiger partial charge in [0.25, 0.3) is 0 Å². The first kappa shape index (κ1) is 14.3. The Labute approximate surface area is 84.6 Å². The van der Waals surface area contributed by atoms with Crippen molar-refractivity contribution in [1.29, 1.82) is 0 Å². The van der Waals surface area contributed by atoms with Crippen molar-refractivity contribution >= 4 is 5.78 Å². The van der Waals surface area contributed by atoms with Gasteiger partial charge in [0.05, 0.1) is 6.42 Å². The van der Waals surface area contributed by atoms with E-state index in [2.05, 4.69) is 0 Å². The molecule has 0 saturated carbocycles. The number of ketones is 1. The quantitative estimate of drug-likeness (QED) is 0.662. The molecule has 0 heterocycles. The lowest BCUT2D eigenvalue weighted by molar-refractivity contribution is -0.281. The molecule has 0 fully saturated rings. The number of carbonyl (C=O) groups excluding carboxylic acids is 1. The molecular formula is C9H13F5O. The highest BCUT2D eigenvalue weighted by atomic mass is 19.4. The van der Waals surface area contributed by atoms with Gasteiger partial charge in [-0.25, -0.2) is 0 Å². The van der Waals surface area contributed by atoms with Crippen molar-refractivity contribution in [1.82, 2.24) is 0 Å². The van der Waals surface area contributed by atoms with E-state index in [0.29, 0.717) is 6.42 Å². The molecule has 0 saturated heterocycles. The highest BCUT2D eigenvalue weighted by molar-refractivity contribution is 5.79. The first-order valence-electron chi connectivity index (χ1n) is 4.52. The van der Waals surface area contributed by atoms with Gasteiger partial charge in [-0.2, -0.15) is 22.0 Å². The number of hydrogen-bond acceptors (Lipinski definition) is 1. The molecular weight excluding hydrogens is 219 g/mol. The minimum Gasteiger partial charge on any atom is -0.299 e. The summed E-state index contributed by atoms with van der Waals surface area (Å²) in [4.78, 5) is 10.8. The van der Waals surface area contributed by atoms with Crippen molar-refractivity contribution in [2.45, 2.75) is 45.2 Å². The SMILES string of the molecule is CC(C)CCC(=O)CC(F)(F)C(F)(F)F. The lowest BCUT2D eigenvalue weighted by Gasteiger charge is -2.18. The molecule has 0 aromatic heterocycles. The van der Waals surface area contributed by atoms with Crippen LogP contribution < -0.4 is 0 Å². The van der Waals surface area contributed by atoms with Crippen LogP contribution in [0.4, 0.5) is 22.0 Å². The van der Waals surface area contributed by atoms with Crippen LogP contribution in [0.15, 0.2) is 0 Å². The third-order valence-corrected chi connectivity index (χ3v) is 1.83. The van der Waals surface area contributed by atoms with Crippen molar-refractivity contribution < 1.29 is 26.7 Å². The van der Waals surface area contributed by atoms with Gasteiger partial charge >= 0.3 is 12.1 Å². The molecule has 0 atom stereocenters. The van der Waals surface area contributed by atoms with Gasteiger partial charge in [0, 0.05) is 6.42 Å². The largest absolute Gasteiger partial charge is 0.453 e. The topological polar surface area (TPSA) is 17.1 Å².